The van der Waals surface area contributed by atoms with Crippen LogP contribution in [-0.2, 0) is 0 Å². The summed E-state index contributed by atoms with van der Waals surface area (Å²) >= 11 is 0. The van der Waals surface area contributed by atoms with Crippen molar-refractivity contribution in [2.75, 3.05) is 6.54 Å². The second-order valence-corrected chi connectivity index (χ2v) is 4.78. The molecule has 0 aliphatic heterocycles. The molecule has 0 saturated heterocycles. The van der Waals surface area contributed by atoms with E-state index >= 15 is 0 Å². The molecule has 0 radical (unpaired) electrons. The molecule has 4 heteroatoms. The minimum atomic E-state index is -0.239. The first-order valence-electron chi connectivity index (χ1n) is 6.98. The molecule has 3 aromatic rings. The van der Waals surface area contributed by atoms with Gasteiger partial charge in [-0.15, -0.1) is 0 Å². The third-order valence-electron chi connectivity index (χ3n) is 3.47. The minimum Gasteiger partial charge on any atom is -0.306 e. The summed E-state index contributed by atoms with van der Waals surface area (Å²) < 4.78 is 14.2. The Morgan fingerprint density at radius 1 is 1.00 bits per heavy atom. The molecule has 0 aliphatic rings. The number of aromatic nitrogens is 2. The number of nitrogens with zero attached hydrogens (tertiary/aromatic N) is 2. The van der Waals surface area contributed by atoms with E-state index in [1.165, 1.54) is 6.07 Å². The lowest BCUT2D eigenvalue weighted by atomic mass is 9.96. The first kappa shape index (κ1) is 13.6. The van der Waals surface area contributed by atoms with Gasteiger partial charge in [0.2, 0.25) is 0 Å². The number of fused-ring (bicyclic) bond motifs is 1. The molecule has 1 unspecified atom stereocenters. The minimum absolute atomic E-state index is 0.218. The fraction of sp³-hybridized carbons (Fsp3) is 0.176. The molecule has 0 amide bonds. The molecule has 3 nitrogen and oxygen atoms in total. The van der Waals surface area contributed by atoms with E-state index in [0.717, 1.165) is 23.1 Å². The highest BCUT2D eigenvalue weighted by atomic mass is 19.1. The van der Waals surface area contributed by atoms with Crippen molar-refractivity contribution in [1.82, 2.24) is 15.3 Å². The molecule has 21 heavy (non-hydrogen) atoms. The fourth-order valence-corrected chi connectivity index (χ4v) is 2.55. The number of rotatable bonds is 4. The van der Waals surface area contributed by atoms with Crippen LogP contribution in [0.25, 0.3) is 11.0 Å². The first-order valence-corrected chi connectivity index (χ1v) is 6.98. The van der Waals surface area contributed by atoms with Crippen molar-refractivity contribution in [3.8, 4) is 0 Å². The quantitative estimate of drug-likeness (QED) is 0.795. The zero-order valence-corrected chi connectivity index (χ0v) is 11.8. The standard InChI is InChI=1S/C17H16FN3/c1-2-19-16(12-6-3-4-8-14(12)18)13-7-5-9-15-17(13)21-11-10-20-15/h3-11,16,19H,2H2,1H3. The number of hydrogen-bond donors (Lipinski definition) is 1. The van der Waals surface area contributed by atoms with Crippen LogP contribution in [0.5, 0.6) is 0 Å². The summed E-state index contributed by atoms with van der Waals surface area (Å²) in [5.74, 6) is -0.218. The van der Waals surface area contributed by atoms with Gasteiger partial charge in [-0.05, 0) is 18.7 Å². The molecule has 106 valence electrons. The SMILES string of the molecule is CCNC(c1ccccc1F)c1cccc2nccnc12. The zero-order chi connectivity index (χ0) is 14.7. The molecule has 0 fully saturated rings. The van der Waals surface area contributed by atoms with Gasteiger partial charge in [0.25, 0.3) is 0 Å². The van der Waals surface area contributed by atoms with Crippen molar-refractivity contribution >= 4 is 11.0 Å². The molecule has 0 saturated carbocycles. The van der Waals surface area contributed by atoms with Crippen LogP contribution in [0.1, 0.15) is 24.1 Å². The van der Waals surface area contributed by atoms with Gasteiger partial charge in [0.15, 0.2) is 0 Å². The summed E-state index contributed by atoms with van der Waals surface area (Å²) in [7, 11) is 0. The van der Waals surface area contributed by atoms with Gasteiger partial charge >= 0.3 is 0 Å². The van der Waals surface area contributed by atoms with Crippen LogP contribution < -0.4 is 5.32 Å². The highest BCUT2D eigenvalue weighted by molar-refractivity contribution is 5.78. The van der Waals surface area contributed by atoms with Crippen LogP contribution in [0.15, 0.2) is 54.9 Å². The zero-order valence-electron chi connectivity index (χ0n) is 11.8. The van der Waals surface area contributed by atoms with Gasteiger partial charge in [0.05, 0.1) is 17.1 Å². The Hall–Kier alpha value is -2.33. The van der Waals surface area contributed by atoms with Crippen molar-refractivity contribution in [2.24, 2.45) is 0 Å². The molecule has 1 atom stereocenters. The van der Waals surface area contributed by atoms with E-state index in [1.807, 2.05) is 31.2 Å². The average molecular weight is 281 g/mol. The Labute approximate surface area is 122 Å². The summed E-state index contributed by atoms with van der Waals surface area (Å²) in [6, 6.07) is 12.4. The Morgan fingerprint density at radius 2 is 1.76 bits per heavy atom. The number of halogens is 1. The molecule has 1 aromatic heterocycles. The fourth-order valence-electron chi connectivity index (χ4n) is 2.55. The molecule has 0 spiro atoms. The Balaban J connectivity index is 2.19. The second-order valence-electron chi connectivity index (χ2n) is 4.78. The Bertz CT molecular complexity index is 752. The Morgan fingerprint density at radius 3 is 2.57 bits per heavy atom. The van der Waals surface area contributed by atoms with Crippen LogP contribution in [0.3, 0.4) is 0 Å². The highest BCUT2D eigenvalue weighted by Crippen LogP contribution is 2.28. The van der Waals surface area contributed by atoms with Gasteiger partial charge in [-0.1, -0.05) is 37.3 Å². The van der Waals surface area contributed by atoms with Gasteiger partial charge < -0.3 is 5.32 Å². The van der Waals surface area contributed by atoms with Crippen LogP contribution in [0, 0.1) is 5.82 Å². The first-order chi connectivity index (χ1) is 10.3. The van der Waals surface area contributed by atoms with Crippen molar-refractivity contribution in [3.63, 3.8) is 0 Å². The van der Waals surface area contributed by atoms with Crippen molar-refractivity contribution < 1.29 is 4.39 Å². The number of hydrogen-bond acceptors (Lipinski definition) is 3. The van der Waals surface area contributed by atoms with Crippen LogP contribution in [-0.4, -0.2) is 16.5 Å². The van der Waals surface area contributed by atoms with Crippen molar-refractivity contribution in [3.05, 3.63) is 71.8 Å². The molecule has 1 heterocycles. The van der Waals surface area contributed by atoms with Gasteiger partial charge in [-0.3, -0.25) is 9.97 Å². The van der Waals surface area contributed by atoms with Gasteiger partial charge in [0.1, 0.15) is 5.82 Å². The Kier molecular flexibility index (Phi) is 3.88. The third-order valence-corrected chi connectivity index (χ3v) is 3.47. The molecular weight excluding hydrogens is 265 g/mol. The van der Waals surface area contributed by atoms with Crippen molar-refractivity contribution in [1.29, 1.82) is 0 Å². The summed E-state index contributed by atoms with van der Waals surface area (Å²) in [6.07, 6.45) is 3.33. The van der Waals surface area contributed by atoms with E-state index in [2.05, 4.69) is 15.3 Å². The summed E-state index contributed by atoms with van der Waals surface area (Å²) in [5, 5.41) is 3.34. The van der Waals surface area contributed by atoms with Crippen molar-refractivity contribution in [2.45, 2.75) is 13.0 Å². The maximum atomic E-state index is 14.2. The van der Waals surface area contributed by atoms with Gasteiger partial charge in [-0.25, -0.2) is 4.39 Å². The molecule has 3 rings (SSSR count). The summed E-state index contributed by atoms with van der Waals surface area (Å²) in [4.78, 5) is 8.73. The molecular formula is C17H16FN3. The third kappa shape index (κ3) is 2.62. The van der Waals surface area contributed by atoms with Gasteiger partial charge in [-0.2, -0.15) is 0 Å². The predicted octanol–water partition coefficient (Wildman–Crippen LogP) is 3.47. The number of benzene rings is 2. The van der Waals surface area contributed by atoms with E-state index in [1.54, 1.807) is 24.5 Å². The topological polar surface area (TPSA) is 37.8 Å². The molecule has 1 N–H and O–H groups in total. The molecule has 0 bridgehead atoms. The van der Waals surface area contributed by atoms with Crippen LogP contribution in [0.4, 0.5) is 4.39 Å². The maximum Gasteiger partial charge on any atom is 0.128 e. The lowest BCUT2D eigenvalue weighted by molar-refractivity contribution is 0.560. The van der Waals surface area contributed by atoms with Crippen LogP contribution in [0.2, 0.25) is 0 Å². The van der Waals surface area contributed by atoms with E-state index < -0.39 is 0 Å². The summed E-state index contributed by atoms with van der Waals surface area (Å²) in [5.41, 5.74) is 3.17. The number of para-hydroxylation sites is 1. The number of nitrogens with one attached hydrogen (secondary N) is 1. The lowest BCUT2D eigenvalue weighted by Gasteiger charge is -2.20. The summed E-state index contributed by atoms with van der Waals surface area (Å²) in [6.45, 7) is 2.74. The van der Waals surface area contributed by atoms with Gasteiger partial charge in [0, 0.05) is 23.5 Å². The largest absolute Gasteiger partial charge is 0.306 e. The molecule has 2 aromatic carbocycles. The van der Waals surface area contributed by atoms with E-state index in [4.69, 9.17) is 0 Å². The smallest absolute Gasteiger partial charge is 0.128 e. The lowest BCUT2D eigenvalue weighted by Crippen LogP contribution is -2.23. The van der Waals surface area contributed by atoms with E-state index in [0.29, 0.717) is 5.56 Å². The normalized spacial score (nSPS) is 12.5. The second kappa shape index (κ2) is 5.97. The van der Waals surface area contributed by atoms with Crippen LogP contribution >= 0.6 is 0 Å². The predicted molar refractivity (Wildman–Crippen MR) is 81.5 cm³/mol. The average Bonchev–Trinajstić information content (AvgIpc) is 2.53. The molecule has 0 aliphatic carbocycles. The van der Waals surface area contributed by atoms with E-state index in [-0.39, 0.29) is 11.9 Å². The highest BCUT2D eigenvalue weighted by Gasteiger charge is 2.19. The maximum absolute atomic E-state index is 14.2. The van der Waals surface area contributed by atoms with E-state index in [9.17, 15) is 4.39 Å². The monoisotopic (exact) mass is 281 g/mol.